The molecule has 0 saturated carbocycles. The Morgan fingerprint density at radius 3 is 2.07 bits per heavy atom. The molecule has 1 atom stereocenters. The number of carbonyl (C=O) groups is 2. The Morgan fingerprint density at radius 2 is 1.66 bits per heavy atom. The van der Waals surface area contributed by atoms with E-state index in [0.717, 1.165) is 4.57 Å². The van der Waals surface area contributed by atoms with E-state index in [4.69, 9.17) is 14.2 Å². The number of hydrogen-bond donors (Lipinski definition) is 1. The number of ether oxygens (including phenoxy) is 3. The molecule has 1 unspecified atom stereocenters. The van der Waals surface area contributed by atoms with Crippen molar-refractivity contribution in [2.45, 2.75) is 72.5 Å². The predicted octanol–water partition coefficient (Wildman–Crippen LogP) is 2.88. The summed E-state index contributed by atoms with van der Waals surface area (Å²) in [5.74, 6) is -0.221. The van der Waals surface area contributed by atoms with Gasteiger partial charge in [-0.25, -0.2) is 14.4 Å². The number of aliphatic hydroxyl groups is 1. The van der Waals surface area contributed by atoms with Crippen molar-refractivity contribution in [1.29, 1.82) is 0 Å². The Labute approximate surface area is 183 Å². The van der Waals surface area contributed by atoms with Gasteiger partial charge in [0, 0.05) is 12.8 Å². The maximum absolute atomic E-state index is 12.7. The quantitative estimate of drug-likeness (QED) is 0.461. The summed E-state index contributed by atoms with van der Waals surface area (Å²) in [6, 6.07) is 0. The van der Waals surface area contributed by atoms with Crippen LogP contribution in [0.5, 0.6) is 0 Å². The Balaban J connectivity index is 3.37. The van der Waals surface area contributed by atoms with Gasteiger partial charge in [-0.2, -0.15) is 9.88 Å². The van der Waals surface area contributed by atoms with Crippen LogP contribution in [-0.4, -0.2) is 50.9 Å². The predicted molar refractivity (Wildman–Crippen MR) is 114 cm³/mol. The van der Waals surface area contributed by atoms with Crippen molar-refractivity contribution in [2.75, 3.05) is 11.5 Å². The van der Waals surface area contributed by atoms with E-state index in [-0.39, 0.29) is 19.0 Å². The SMILES string of the molecule is CCOC(O)Cn1cc(I)c(N(C(=O)OC(C)(C)C)C(=O)OC(C)(C)C)nc1=O. The summed E-state index contributed by atoms with van der Waals surface area (Å²) >= 11 is 1.83. The molecule has 0 fully saturated rings. The van der Waals surface area contributed by atoms with Gasteiger partial charge in [0.1, 0.15) is 11.2 Å². The van der Waals surface area contributed by atoms with Gasteiger partial charge in [0.05, 0.1) is 10.1 Å². The third-order valence-electron chi connectivity index (χ3n) is 3.01. The molecular formula is C18H28IN3O7. The second-order valence-corrected chi connectivity index (χ2v) is 9.22. The van der Waals surface area contributed by atoms with Crippen molar-refractivity contribution in [3.63, 3.8) is 0 Å². The maximum Gasteiger partial charge on any atom is 0.425 e. The van der Waals surface area contributed by atoms with E-state index in [9.17, 15) is 19.5 Å². The fourth-order valence-corrected chi connectivity index (χ4v) is 2.72. The zero-order valence-electron chi connectivity index (χ0n) is 17.7. The standard InChI is InChI=1S/C18H28IN3O7/c1-8-27-12(23)10-21-9-11(19)13(20-14(21)24)22(15(25)28-17(2,3)4)16(26)29-18(5,6)7/h9,12,23H,8,10H2,1-7H3. The van der Waals surface area contributed by atoms with Crippen LogP contribution < -0.4 is 10.6 Å². The van der Waals surface area contributed by atoms with Gasteiger partial charge in [-0.05, 0) is 71.1 Å². The molecule has 0 aromatic carbocycles. The van der Waals surface area contributed by atoms with E-state index in [1.165, 1.54) is 6.20 Å². The lowest BCUT2D eigenvalue weighted by Gasteiger charge is -2.28. The number of carbonyl (C=O) groups excluding carboxylic acids is 2. The number of halogens is 1. The largest absolute Gasteiger partial charge is 0.443 e. The van der Waals surface area contributed by atoms with Crippen molar-refractivity contribution in [1.82, 2.24) is 9.55 Å². The minimum absolute atomic E-state index is 0.158. The summed E-state index contributed by atoms with van der Waals surface area (Å²) in [7, 11) is 0. The highest BCUT2D eigenvalue weighted by atomic mass is 127. The molecule has 1 aromatic rings. The molecule has 0 aliphatic heterocycles. The summed E-state index contributed by atoms with van der Waals surface area (Å²) in [6.07, 6.45) is -1.89. The number of nitrogens with zero attached hydrogens (tertiary/aromatic N) is 3. The molecule has 1 aromatic heterocycles. The number of imide groups is 1. The number of aromatic nitrogens is 2. The molecule has 0 aliphatic rings. The van der Waals surface area contributed by atoms with Crippen LogP contribution in [0, 0.1) is 3.57 Å². The molecule has 1 N–H and O–H groups in total. The van der Waals surface area contributed by atoms with E-state index in [2.05, 4.69) is 4.98 Å². The van der Waals surface area contributed by atoms with Crippen molar-refractivity contribution in [2.24, 2.45) is 0 Å². The van der Waals surface area contributed by atoms with Crippen LogP contribution in [0.4, 0.5) is 15.4 Å². The third kappa shape index (κ3) is 8.26. The van der Waals surface area contributed by atoms with Crippen LogP contribution in [0.3, 0.4) is 0 Å². The fourth-order valence-electron chi connectivity index (χ4n) is 2.02. The monoisotopic (exact) mass is 525 g/mol. The van der Waals surface area contributed by atoms with E-state index < -0.39 is 35.4 Å². The van der Waals surface area contributed by atoms with Gasteiger partial charge in [-0.3, -0.25) is 4.57 Å². The molecule has 11 heteroatoms. The topological polar surface area (TPSA) is 120 Å². The molecule has 0 aliphatic carbocycles. The molecule has 0 spiro atoms. The highest BCUT2D eigenvalue weighted by Crippen LogP contribution is 2.23. The lowest BCUT2D eigenvalue weighted by atomic mass is 10.2. The van der Waals surface area contributed by atoms with Gasteiger partial charge < -0.3 is 19.3 Å². The normalized spacial score (nSPS) is 13.0. The minimum Gasteiger partial charge on any atom is -0.443 e. The minimum atomic E-state index is -1.20. The first-order chi connectivity index (χ1) is 13.1. The second kappa shape index (κ2) is 9.85. The van der Waals surface area contributed by atoms with Crippen LogP contribution in [0.25, 0.3) is 0 Å². The first kappa shape index (κ1) is 25.3. The highest BCUT2D eigenvalue weighted by Gasteiger charge is 2.35. The van der Waals surface area contributed by atoms with E-state index >= 15 is 0 Å². The average molecular weight is 525 g/mol. The number of hydrogen-bond acceptors (Lipinski definition) is 8. The second-order valence-electron chi connectivity index (χ2n) is 8.05. The van der Waals surface area contributed by atoms with Crippen molar-refractivity contribution >= 4 is 40.6 Å². The zero-order valence-corrected chi connectivity index (χ0v) is 19.8. The first-order valence-electron chi connectivity index (χ1n) is 8.97. The number of aliphatic hydroxyl groups excluding tert-OH is 1. The molecule has 0 radical (unpaired) electrons. The molecule has 1 heterocycles. The van der Waals surface area contributed by atoms with Gasteiger partial charge in [0.2, 0.25) is 0 Å². The van der Waals surface area contributed by atoms with E-state index in [0.29, 0.717) is 8.47 Å². The van der Waals surface area contributed by atoms with Gasteiger partial charge >= 0.3 is 17.9 Å². The molecule has 1 rings (SSSR count). The zero-order chi connectivity index (χ0) is 22.6. The smallest absolute Gasteiger partial charge is 0.425 e. The summed E-state index contributed by atoms with van der Waals surface area (Å²) in [5, 5.41) is 9.76. The van der Waals surface area contributed by atoms with Gasteiger partial charge in [-0.15, -0.1) is 0 Å². The average Bonchev–Trinajstić information content (AvgIpc) is 2.48. The molecule has 0 saturated heterocycles. The molecule has 29 heavy (non-hydrogen) atoms. The van der Waals surface area contributed by atoms with Crippen LogP contribution in [0.2, 0.25) is 0 Å². The maximum atomic E-state index is 12.7. The number of anilines is 1. The summed E-state index contributed by atoms with van der Waals surface area (Å²) in [6.45, 7) is 11.7. The van der Waals surface area contributed by atoms with Crippen molar-refractivity contribution < 1.29 is 28.9 Å². The van der Waals surface area contributed by atoms with Crippen LogP contribution in [0.1, 0.15) is 48.5 Å². The van der Waals surface area contributed by atoms with E-state index in [1.807, 2.05) is 22.6 Å². The fraction of sp³-hybridized carbons (Fsp3) is 0.667. The molecular weight excluding hydrogens is 497 g/mol. The van der Waals surface area contributed by atoms with Gasteiger partial charge in [0.25, 0.3) is 0 Å². The first-order valence-corrected chi connectivity index (χ1v) is 10.0. The Bertz CT molecular complexity index is 768. The third-order valence-corrected chi connectivity index (χ3v) is 3.77. The van der Waals surface area contributed by atoms with Gasteiger partial charge in [0.15, 0.2) is 12.1 Å². The van der Waals surface area contributed by atoms with E-state index in [1.54, 1.807) is 48.5 Å². The summed E-state index contributed by atoms with van der Waals surface area (Å²) in [5.41, 5.74) is -2.56. The molecule has 164 valence electrons. The lowest BCUT2D eigenvalue weighted by Crippen LogP contribution is -2.45. The van der Waals surface area contributed by atoms with Crippen molar-refractivity contribution in [3.05, 3.63) is 20.3 Å². The Kier molecular flexibility index (Phi) is 8.59. The Hall–Kier alpha value is -1.73. The number of amides is 2. The van der Waals surface area contributed by atoms with Gasteiger partial charge in [-0.1, -0.05) is 0 Å². The molecule has 10 nitrogen and oxygen atoms in total. The van der Waals surface area contributed by atoms with Crippen LogP contribution >= 0.6 is 22.6 Å². The Morgan fingerprint density at radius 1 is 1.17 bits per heavy atom. The summed E-state index contributed by atoms with van der Waals surface area (Å²) < 4.78 is 17.0. The summed E-state index contributed by atoms with van der Waals surface area (Å²) in [4.78, 5) is 42.2. The molecule has 0 bridgehead atoms. The lowest BCUT2D eigenvalue weighted by molar-refractivity contribution is -0.104. The van der Waals surface area contributed by atoms with Crippen molar-refractivity contribution in [3.8, 4) is 0 Å². The highest BCUT2D eigenvalue weighted by molar-refractivity contribution is 14.1. The van der Waals surface area contributed by atoms with Crippen LogP contribution in [-0.2, 0) is 20.8 Å². The van der Waals surface area contributed by atoms with Crippen LogP contribution in [0.15, 0.2) is 11.0 Å². The molecule has 2 amide bonds. The number of rotatable bonds is 5.